The molecule has 27 heavy (non-hydrogen) atoms. The summed E-state index contributed by atoms with van der Waals surface area (Å²) in [6.45, 7) is 1.89. The summed E-state index contributed by atoms with van der Waals surface area (Å²) in [6.07, 6.45) is 2.92. The molecular formula is C20H19N5O2. The van der Waals surface area contributed by atoms with Crippen LogP contribution >= 0.6 is 0 Å². The van der Waals surface area contributed by atoms with Gasteiger partial charge in [0.2, 0.25) is 5.91 Å². The second-order valence-electron chi connectivity index (χ2n) is 5.84. The lowest BCUT2D eigenvalue weighted by atomic mass is 10.2. The van der Waals surface area contributed by atoms with E-state index in [1.807, 2.05) is 42.5 Å². The number of carbonyl (C=O) groups is 2. The summed E-state index contributed by atoms with van der Waals surface area (Å²) in [6, 6.07) is 16.8. The lowest BCUT2D eigenvalue weighted by molar-refractivity contribution is -0.114. The molecule has 0 aliphatic rings. The minimum atomic E-state index is -0.280. The van der Waals surface area contributed by atoms with Gasteiger partial charge in [0.05, 0.1) is 12.4 Å². The first kappa shape index (κ1) is 18.1. The third-order valence-electron chi connectivity index (χ3n) is 3.66. The van der Waals surface area contributed by atoms with Crippen LogP contribution in [0.3, 0.4) is 0 Å². The Kier molecular flexibility index (Phi) is 5.73. The number of amides is 2. The van der Waals surface area contributed by atoms with Gasteiger partial charge in [-0.05, 0) is 29.8 Å². The molecule has 2 amide bonds. The van der Waals surface area contributed by atoms with Crippen LogP contribution < -0.4 is 16.0 Å². The molecule has 0 radical (unpaired) electrons. The van der Waals surface area contributed by atoms with Crippen LogP contribution in [0.2, 0.25) is 0 Å². The highest BCUT2D eigenvalue weighted by molar-refractivity contribution is 5.92. The number of hydrogen-bond acceptors (Lipinski definition) is 5. The number of rotatable bonds is 6. The Morgan fingerprint density at radius 2 is 1.59 bits per heavy atom. The Labute approximate surface area is 156 Å². The summed E-state index contributed by atoms with van der Waals surface area (Å²) >= 11 is 0. The second-order valence-corrected chi connectivity index (χ2v) is 5.84. The smallest absolute Gasteiger partial charge is 0.271 e. The number of anilines is 3. The fraction of sp³-hybridized carbons (Fsp3) is 0.100. The molecular weight excluding hydrogens is 342 g/mol. The van der Waals surface area contributed by atoms with Gasteiger partial charge < -0.3 is 16.0 Å². The van der Waals surface area contributed by atoms with Crippen molar-refractivity contribution in [1.29, 1.82) is 0 Å². The maximum atomic E-state index is 12.1. The van der Waals surface area contributed by atoms with Gasteiger partial charge in [-0.15, -0.1) is 0 Å². The predicted molar refractivity (Wildman–Crippen MR) is 104 cm³/mol. The van der Waals surface area contributed by atoms with Crippen LogP contribution in [0.5, 0.6) is 0 Å². The average Bonchev–Trinajstić information content (AvgIpc) is 2.69. The van der Waals surface area contributed by atoms with Crippen molar-refractivity contribution in [3.05, 3.63) is 78.2 Å². The van der Waals surface area contributed by atoms with E-state index in [4.69, 9.17) is 0 Å². The minimum Gasteiger partial charge on any atom is -0.347 e. The molecule has 1 heterocycles. The molecule has 0 bridgehead atoms. The molecule has 2 aromatic carbocycles. The molecule has 7 heteroatoms. The zero-order valence-corrected chi connectivity index (χ0v) is 14.8. The van der Waals surface area contributed by atoms with Gasteiger partial charge in [-0.2, -0.15) is 0 Å². The predicted octanol–water partition coefficient (Wildman–Crippen LogP) is 3.11. The molecule has 136 valence electrons. The zero-order chi connectivity index (χ0) is 19.1. The van der Waals surface area contributed by atoms with Crippen molar-refractivity contribution >= 4 is 29.0 Å². The fourth-order valence-electron chi connectivity index (χ4n) is 2.37. The quantitative estimate of drug-likeness (QED) is 0.627. The summed E-state index contributed by atoms with van der Waals surface area (Å²) in [7, 11) is 0. The van der Waals surface area contributed by atoms with E-state index in [0.717, 1.165) is 11.3 Å². The monoisotopic (exact) mass is 361 g/mol. The number of aromatic nitrogens is 2. The highest BCUT2D eigenvalue weighted by Crippen LogP contribution is 2.17. The van der Waals surface area contributed by atoms with Crippen molar-refractivity contribution < 1.29 is 9.59 Å². The highest BCUT2D eigenvalue weighted by Gasteiger charge is 2.08. The molecule has 0 saturated heterocycles. The Hall–Kier alpha value is -3.74. The molecule has 0 saturated carbocycles. The van der Waals surface area contributed by atoms with Crippen LogP contribution in [0.4, 0.5) is 17.2 Å². The van der Waals surface area contributed by atoms with E-state index in [1.165, 1.54) is 19.3 Å². The second kappa shape index (κ2) is 8.57. The summed E-state index contributed by atoms with van der Waals surface area (Å²) in [5.74, 6) is 0.113. The van der Waals surface area contributed by atoms with Gasteiger partial charge >= 0.3 is 0 Å². The van der Waals surface area contributed by atoms with Crippen molar-refractivity contribution in [1.82, 2.24) is 15.3 Å². The third kappa shape index (κ3) is 5.37. The molecule has 0 aliphatic heterocycles. The number of nitrogens with zero attached hydrogens (tertiary/aromatic N) is 2. The van der Waals surface area contributed by atoms with Crippen LogP contribution in [-0.2, 0) is 11.3 Å². The average molecular weight is 361 g/mol. The van der Waals surface area contributed by atoms with Gasteiger partial charge in [0.25, 0.3) is 5.91 Å². The van der Waals surface area contributed by atoms with E-state index in [9.17, 15) is 9.59 Å². The molecule has 3 N–H and O–H groups in total. The molecule has 0 atom stereocenters. The van der Waals surface area contributed by atoms with Crippen LogP contribution in [-0.4, -0.2) is 21.8 Å². The number of nitrogens with one attached hydrogen (secondary N) is 3. The maximum absolute atomic E-state index is 12.1. The minimum absolute atomic E-state index is 0.122. The largest absolute Gasteiger partial charge is 0.347 e. The van der Waals surface area contributed by atoms with Gasteiger partial charge in [-0.25, -0.2) is 9.97 Å². The Morgan fingerprint density at radius 3 is 2.22 bits per heavy atom. The molecule has 1 aromatic heterocycles. The highest BCUT2D eigenvalue weighted by atomic mass is 16.2. The Bertz CT molecular complexity index is 909. The van der Waals surface area contributed by atoms with Crippen LogP contribution in [0.1, 0.15) is 23.0 Å². The van der Waals surface area contributed by atoms with Crippen molar-refractivity contribution in [2.45, 2.75) is 13.5 Å². The lowest BCUT2D eigenvalue weighted by Gasteiger charge is -2.08. The van der Waals surface area contributed by atoms with E-state index < -0.39 is 0 Å². The first-order chi connectivity index (χ1) is 13.1. The van der Waals surface area contributed by atoms with Crippen molar-refractivity contribution in [2.24, 2.45) is 0 Å². The van der Waals surface area contributed by atoms with E-state index in [-0.39, 0.29) is 17.5 Å². The molecule has 0 fully saturated rings. The third-order valence-corrected chi connectivity index (χ3v) is 3.66. The normalized spacial score (nSPS) is 10.1. The lowest BCUT2D eigenvalue weighted by Crippen LogP contribution is -2.24. The van der Waals surface area contributed by atoms with Crippen LogP contribution in [0.25, 0.3) is 0 Å². The zero-order valence-electron chi connectivity index (χ0n) is 14.8. The van der Waals surface area contributed by atoms with Gasteiger partial charge in [0, 0.05) is 24.8 Å². The molecule has 3 rings (SSSR count). The molecule has 3 aromatic rings. The van der Waals surface area contributed by atoms with Gasteiger partial charge in [0.1, 0.15) is 11.5 Å². The molecule has 0 aliphatic carbocycles. The summed E-state index contributed by atoms with van der Waals surface area (Å²) in [5, 5.41) is 8.60. The Morgan fingerprint density at radius 1 is 0.889 bits per heavy atom. The van der Waals surface area contributed by atoms with E-state index in [2.05, 4.69) is 25.9 Å². The summed E-state index contributed by atoms with van der Waals surface area (Å²) < 4.78 is 0. The van der Waals surface area contributed by atoms with E-state index in [1.54, 1.807) is 12.1 Å². The first-order valence-electron chi connectivity index (χ1n) is 8.39. The van der Waals surface area contributed by atoms with Gasteiger partial charge in [-0.3, -0.25) is 9.59 Å². The van der Waals surface area contributed by atoms with Crippen molar-refractivity contribution in [3.8, 4) is 0 Å². The van der Waals surface area contributed by atoms with E-state index in [0.29, 0.717) is 18.1 Å². The van der Waals surface area contributed by atoms with Crippen molar-refractivity contribution in [3.63, 3.8) is 0 Å². The summed E-state index contributed by atoms with van der Waals surface area (Å²) in [4.78, 5) is 31.5. The molecule has 7 nitrogen and oxygen atoms in total. The molecule has 0 unspecified atom stereocenters. The maximum Gasteiger partial charge on any atom is 0.271 e. The SMILES string of the molecule is CC(=O)Nc1ccc(Nc2cnc(C(=O)NCc3ccccc3)cn2)cc1. The van der Waals surface area contributed by atoms with Gasteiger partial charge in [0.15, 0.2) is 0 Å². The van der Waals surface area contributed by atoms with E-state index >= 15 is 0 Å². The first-order valence-corrected chi connectivity index (χ1v) is 8.39. The molecule has 0 spiro atoms. The topological polar surface area (TPSA) is 96.0 Å². The number of carbonyl (C=O) groups excluding carboxylic acids is 2. The van der Waals surface area contributed by atoms with Crippen LogP contribution in [0, 0.1) is 0 Å². The van der Waals surface area contributed by atoms with Crippen LogP contribution in [0.15, 0.2) is 67.0 Å². The van der Waals surface area contributed by atoms with Crippen molar-refractivity contribution in [2.75, 3.05) is 10.6 Å². The fourth-order valence-corrected chi connectivity index (χ4v) is 2.37. The van der Waals surface area contributed by atoms with Gasteiger partial charge in [-0.1, -0.05) is 30.3 Å². The standard InChI is InChI=1S/C20H19N5O2/c1-14(26)24-16-7-9-17(10-8-16)25-19-13-21-18(12-22-19)20(27)23-11-15-5-3-2-4-6-15/h2-10,12-13H,11H2,1H3,(H,22,25)(H,23,27)(H,24,26). The number of hydrogen-bond donors (Lipinski definition) is 3. The Balaban J connectivity index is 1.56. The summed E-state index contributed by atoms with van der Waals surface area (Å²) in [5.41, 5.74) is 2.77. The number of benzene rings is 2.